The van der Waals surface area contributed by atoms with Crippen LogP contribution >= 0.6 is 0 Å². The van der Waals surface area contributed by atoms with Crippen molar-refractivity contribution >= 4 is 40.0 Å². The average Bonchev–Trinajstić information content (AvgIpc) is 3.15. The Morgan fingerprint density at radius 2 is 0.633 bits per heavy atom. The second-order valence-corrected chi connectivity index (χ2v) is 15.7. The Kier molecular flexibility index (Phi) is 22.8. The maximum Gasteiger partial charge on any atom is 0.179 e. The Labute approximate surface area is 304 Å². The van der Waals surface area contributed by atoms with Crippen LogP contribution in [0.2, 0.25) is 0 Å². The highest BCUT2D eigenvalue weighted by atomic mass is 28.3. The highest BCUT2D eigenvalue weighted by Gasteiger charge is 2.41. The van der Waals surface area contributed by atoms with Crippen molar-refractivity contribution in [3.8, 4) is 0 Å². The van der Waals surface area contributed by atoms with Gasteiger partial charge in [-0.25, -0.2) is 0 Å². The Morgan fingerprint density at radius 1 is 0.388 bits per heavy atom. The maximum absolute atomic E-state index is 2.57. The molecule has 2 nitrogen and oxygen atoms in total. The molecule has 0 amide bonds. The minimum Gasteiger partial charge on any atom is -0.305 e. The van der Waals surface area contributed by atoms with Crippen LogP contribution < -0.4 is 20.7 Å². The van der Waals surface area contributed by atoms with Gasteiger partial charge in [0.05, 0.1) is 0 Å². The standard InChI is InChI=1S/C38H46N2Si.4C2H6/c1-29(27-39(5)6)31(3)33-19-23-37(24-20-33)41(35-15-11-9-12-16-35,36-17-13-10-14-18-36)38-25-21-34(22-26-38)32(4)30(2)28-40(7)8;4*1-2/h9-26H,27-28H2,1-8H3;4*1-2H3. The number of hydrogen-bond acceptors (Lipinski definition) is 2. The molecule has 0 N–H and O–H groups in total. The lowest BCUT2D eigenvalue weighted by molar-refractivity contribution is 0.445. The molecule has 0 aliphatic carbocycles. The normalized spacial score (nSPS) is 11.6. The molecule has 0 aliphatic heterocycles. The van der Waals surface area contributed by atoms with Gasteiger partial charge in [-0.15, -0.1) is 0 Å². The summed E-state index contributed by atoms with van der Waals surface area (Å²) in [6.07, 6.45) is 0. The zero-order valence-electron chi connectivity index (χ0n) is 34.2. The molecule has 0 saturated heterocycles. The molecule has 0 atom stereocenters. The van der Waals surface area contributed by atoms with E-state index in [-0.39, 0.29) is 0 Å². The van der Waals surface area contributed by atoms with Crippen LogP contribution in [0.25, 0.3) is 11.1 Å². The lowest BCUT2D eigenvalue weighted by Crippen LogP contribution is -2.74. The average molecular weight is 679 g/mol. The van der Waals surface area contributed by atoms with E-state index in [1.807, 2.05) is 55.4 Å². The van der Waals surface area contributed by atoms with Crippen molar-refractivity contribution in [1.82, 2.24) is 9.80 Å². The van der Waals surface area contributed by atoms with Gasteiger partial charge in [0, 0.05) is 13.1 Å². The minimum absolute atomic E-state index is 0.967. The van der Waals surface area contributed by atoms with Gasteiger partial charge in [-0.2, -0.15) is 0 Å². The first kappa shape index (κ1) is 45.5. The summed E-state index contributed by atoms with van der Waals surface area (Å²) in [5.41, 5.74) is 8.12. The van der Waals surface area contributed by atoms with E-state index in [2.05, 4.69) is 175 Å². The van der Waals surface area contributed by atoms with E-state index in [1.165, 1.54) is 54.2 Å². The van der Waals surface area contributed by atoms with Crippen molar-refractivity contribution in [3.05, 3.63) is 131 Å². The van der Waals surface area contributed by atoms with Crippen LogP contribution in [0.15, 0.2) is 120 Å². The number of likely N-dealkylation sites (N-methyl/N-ethyl adjacent to an activating group) is 2. The smallest absolute Gasteiger partial charge is 0.179 e. The van der Waals surface area contributed by atoms with Crippen LogP contribution in [-0.4, -0.2) is 59.2 Å². The van der Waals surface area contributed by atoms with E-state index in [1.54, 1.807) is 0 Å². The number of rotatable bonds is 10. The molecule has 0 saturated carbocycles. The molecule has 4 aromatic carbocycles. The molecule has 0 bridgehead atoms. The quantitative estimate of drug-likeness (QED) is 0.122. The summed E-state index contributed by atoms with van der Waals surface area (Å²) < 4.78 is 0. The zero-order valence-corrected chi connectivity index (χ0v) is 35.2. The molecular formula is C46H70N2Si. The lowest BCUT2D eigenvalue weighted by atomic mass is 10.0. The fraction of sp³-hybridized carbons (Fsp3) is 0.391. The van der Waals surface area contributed by atoms with Gasteiger partial charge < -0.3 is 9.80 Å². The second kappa shape index (κ2) is 24.6. The Balaban J connectivity index is 0.00000268. The summed E-state index contributed by atoms with van der Waals surface area (Å²) >= 11 is 0. The largest absolute Gasteiger partial charge is 0.305 e. The highest BCUT2D eigenvalue weighted by molar-refractivity contribution is 7.19. The van der Waals surface area contributed by atoms with Crippen LogP contribution in [0.4, 0.5) is 0 Å². The van der Waals surface area contributed by atoms with E-state index in [4.69, 9.17) is 0 Å². The molecular weight excluding hydrogens is 609 g/mol. The second-order valence-electron chi connectivity index (χ2n) is 11.9. The predicted octanol–water partition coefficient (Wildman–Crippen LogP) is 9.88. The van der Waals surface area contributed by atoms with Crippen LogP contribution in [0.3, 0.4) is 0 Å². The van der Waals surface area contributed by atoms with Crippen molar-refractivity contribution in [2.24, 2.45) is 0 Å². The van der Waals surface area contributed by atoms with Gasteiger partial charge in [0.25, 0.3) is 0 Å². The van der Waals surface area contributed by atoms with E-state index >= 15 is 0 Å². The fourth-order valence-electron chi connectivity index (χ4n) is 6.00. The Hall–Kier alpha value is -3.50. The van der Waals surface area contributed by atoms with Crippen LogP contribution in [0, 0.1) is 0 Å². The minimum atomic E-state index is -2.57. The van der Waals surface area contributed by atoms with Crippen molar-refractivity contribution in [1.29, 1.82) is 0 Å². The van der Waals surface area contributed by atoms with Gasteiger partial charge >= 0.3 is 0 Å². The van der Waals surface area contributed by atoms with Crippen LogP contribution in [-0.2, 0) is 0 Å². The van der Waals surface area contributed by atoms with Crippen molar-refractivity contribution in [3.63, 3.8) is 0 Å². The number of nitrogens with zero attached hydrogens (tertiary/aromatic N) is 2. The number of allylic oxidation sites excluding steroid dienone is 2. The number of benzene rings is 4. The molecule has 49 heavy (non-hydrogen) atoms. The summed E-state index contributed by atoms with van der Waals surface area (Å²) in [7, 11) is 5.95. The maximum atomic E-state index is 2.40. The zero-order chi connectivity index (χ0) is 37.6. The molecule has 0 radical (unpaired) electrons. The van der Waals surface area contributed by atoms with E-state index in [0.29, 0.717) is 0 Å². The summed E-state index contributed by atoms with van der Waals surface area (Å²) in [6, 6.07) is 41.3. The molecule has 3 heteroatoms. The van der Waals surface area contributed by atoms with Crippen molar-refractivity contribution < 1.29 is 0 Å². The van der Waals surface area contributed by atoms with E-state index in [0.717, 1.165) is 13.1 Å². The summed E-state index contributed by atoms with van der Waals surface area (Å²) in [5.74, 6) is 0. The molecule has 0 aromatic heterocycles. The van der Waals surface area contributed by atoms with Gasteiger partial charge in [0.2, 0.25) is 0 Å². The van der Waals surface area contributed by atoms with Gasteiger partial charge in [-0.3, -0.25) is 0 Å². The third kappa shape index (κ3) is 12.4. The van der Waals surface area contributed by atoms with Gasteiger partial charge in [-0.1, -0.05) is 176 Å². The molecule has 0 unspecified atom stereocenters. The van der Waals surface area contributed by atoms with Gasteiger partial charge in [0.1, 0.15) is 0 Å². The molecule has 0 aliphatic rings. The fourth-order valence-corrected chi connectivity index (χ4v) is 10.7. The Bertz CT molecular complexity index is 1360. The molecule has 4 rings (SSSR count). The highest BCUT2D eigenvalue weighted by Crippen LogP contribution is 2.21. The van der Waals surface area contributed by atoms with Crippen LogP contribution in [0.1, 0.15) is 94.2 Å². The molecule has 0 spiro atoms. The van der Waals surface area contributed by atoms with Crippen molar-refractivity contribution in [2.45, 2.75) is 83.1 Å². The van der Waals surface area contributed by atoms with E-state index in [9.17, 15) is 0 Å². The Morgan fingerprint density at radius 3 is 0.878 bits per heavy atom. The summed E-state index contributed by atoms with van der Waals surface area (Å²) in [6.45, 7) is 26.9. The first-order valence-electron chi connectivity index (χ1n) is 18.6. The SMILES string of the molecule is CC.CC.CC.CC.CC(CN(C)C)=C(C)c1ccc([Si](c2ccccc2)(c2ccccc2)c2ccc(C(C)=C(C)CN(C)C)cc2)cc1. The molecule has 268 valence electrons. The summed E-state index contributed by atoms with van der Waals surface area (Å²) in [4.78, 5) is 4.47. The topological polar surface area (TPSA) is 6.48 Å². The third-order valence-corrected chi connectivity index (χ3v) is 13.1. The number of hydrogen-bond donors (Lipinski definition) is 0. The van der Waals surface area contributed by atoms with Crippen molar-refractivity contribution in [2.75, 3.05) is 41.3 Å². The first-order chi connectivity index (χ1) is 23.6. The molecule has 0 heterocycles. The van der Waals surface area contributed by atoms with Crippen LogP contribution in [0.5, 0.6) is 0 Å². The predicted molar refractivity (Wildman–Crippen MR) is 229 cm³/mol. The molecule has 0 fully saturated rings. The van der Waals surface area contributed by atoms with Gasteiger partial charge in [-0.05, 0) is 98.9 Å². The van der Waals surface area contributed by atoms with E-state index < -0.39 is 8.07 Å². The first-order valence-corrected chi connectivity index (χ1v) is 20.6. The lowest BCUT2D eigenvalue weighted by Gasteiger charge is -2.34. The monoisotopic (exact) mass is 679 g/mol. The van der Waals surface area contributed by atoms with Gasteiger partial charge in [0.15, 0.2) is 8.07 Å². The summed E-state index contributed by atoms with van der Waals surface area (Å²) in [5, 5.41) is 5.61. The third-order valence-electron chi connectivity index (χ3n) is 8.30. The molecule has 4 aromatic rings.